The molecule has 3 heterocycles. The van der Waals surface area contributed by atoms with Gasteiger partial charge in [0.25, 0.3) is 0 Å². The Labute approximate surface area is 141 Å². The fraction of sp³-hybridized carbons (Fsp3) is 0.350. The summed E-state index contributed by atoms with van der Waals surface area (Å²) in [6.07, 6.45) is 8.80. The highest BCUT2D eigenvalue weighted by Crippen LogP contribution is 2.23. The lowest BCUT2D eigenvalue weighted by Crippen LogP contribution is -2.27. The normalized spacial score (nSPS) is 15.9. The van der Waals surface area contributed by atoms with E-state index in [-0.39, 0.29) is 5.82 Å². The molecule has 0 radical (unpaired) electrons. The minimum Gasteiger partial charge on any atom is -0.317 e. The Balaban J connectivity index is 1.54. The maximum absolute atomic E-state index is 13.5. The molecule has 0 atom stereocenters. The molecule has 0 amide bonds. The zero-order valence-electron chi connectivity index (χ0n) is 13.7. The summed E-state index contributed by atoms with van der Waals surface area (Å²) in [7, 11) is 0. The molecule has 0 spiro atoms. The van der Waals surface area contributed by atoms with Gasteiger partial charge in [-0.2, -0.15) is 0 Å². The van der Waals surface area contributed by atoms with Gasteiger partial charge < -0.3 is 5.32 Å². The van der Waals surface area contributed by atoms with Gasteiger partial charge in [0.15, 0.2) is 0 Å². The van der Waals surface area contributed by atoms with Crippen molar-refractivity contribution in [3.8, 4) is 11.3 Å². The number of nitrogens with zero attached hydrogens (tertiary/aromatic N) is 2. The molecule has 0 saturated carbocycles. The van der Waals surface area contributed by atoms with E-state index in [0.29, 0.717) is 0 Å². The molecule has 0 unspecified atom stereocenters. The van der Waals surface area contributed by atoms with Gasteiger partial charge in [0, 0.05) is 11.8 Å². The second-order valence-electron chi connectivity index (χ2n) is 6.65. The molecule has 124 valence electrons. The molecule has 1 aromatic carbocycles. The highest BCUT2D eigenvalue weighted by atomic mass is 19.1. The summed E-state index contributed by atoms with van der Waals surface area (Å²) < 4.78 is 15.5. The summed E-state index contributed by atoms with van der Waals surface area (Å²) >= 11 is 0. The van der Waals surface area contributed by atoms with Gasteiger partial charge in [-0.15, -0.1) is 0 Å². The van der Waals surface area contributed by atoms with Gasteiger partial charge in [0.1, 0.15) is 11.5 Å². The van der Waals surface area contributed by atoms with Gasteiger partial charge in [0.2, 0.25) is 0 Å². The molecule has 2 aromatic heterocycles. The van der Waals surface area contributed by atoms with E-state index in [1.165, 1.54) is 30.9 Å². The fourth-order valence-corrected chi connectivity index (χ4v) is 3.58. The molecule has 0 aliphatic carbocycles. The van der Waals surface area contributed by atoms with Crippen LogP contribution in [0, 0.1) is 11.7 Å². The Kier molecular flexibility index (Phi) is 4.30. The van der Waals surface area contributed by atoms with Gasteiger partial charge in [0.05, 0.1) is 11.9 Å². The predicted octanol–water partition coefficient (Wildman–Crippen LogP) is 4.07. The third kappa shape index (κ3) is 3.20. The maximum Gasteiger partial charge on any atom is 0.137 e. The standard InChI is InChI=1S/C20H22FN3/c21-18-3-1-2-17(13-18)19-14-23-20-12-16(8-11-24(19)20)5-4-15-6-9-22-10-7-15/h1-3,8,11-15,22H,4-7,9-10H2. The number of nitrogens with one attached hydrogen (secondary N) is 1. The van der Waals surface area contributed by atoms with Crippen molar-refractivity contribution in [2.24, 2.45) is 5.92 Å². The molecule has 1 saturated heterocycles. The van der Waals surface area contributed by atoms with Crippen molar-refractivity contribution in [1.29, 1.82) is 0 Å². The minimum atomic E-state index is -0.221. The summed E-state index contributed by atoms with van der Waals surface area (Å²) in [5.41, 5.74) is 4.04. The van der Waals surface area contributed by atoms with E-state index in [4.69, 9.17) is 0 Å². The van der Waals surface area contributed by atoms with Crippen molar-refractivity contribution in [2.75, 3.05) is 13.1 Å². The lowest BCUT2D eigenvalue weighted by Gasteiger charge is -2.22. The van der Waals surface area contributed by atoms with Crippen LogP contribution in [0.1, 0.15) is 24.8 Å². The van der Waals surface area contributed by atoms with E-state index >= 15 is 0 Å². The molecule has 1 aliphatic rings. The number of benzene rings is 1. The van der Waals surface area contributed by atoms with Crippen molar-refractivity contribution < 1.29 is 4.39 Å². The lowest BCUT2D eigenvalue weighted by molar-refractivity contribution is 0.354. The van der Waals surface area contributed by atoms with Crippen LogP contribution < -0.4 is 5.32 Å². The molecule has 1 N–H and O–H groups in total. The number of aryl methyl sites for hydroxylation is 1. The number of pyridine rings is 1. The third-order valence-corrected chi connectivity index (χ3v) is 5.00. The first-order valence-electron chi connectivity index (χ1n) is 8.72. The Morgan fingerprint density at radius 1 is 1.17 bits per heavy atom. The van der Waals surface area contributed by atoms with E-state index in [0.717, 1.165) is 42.3 Å². The van der Waals surface area contributed by atoms with Crippen LogP contribution in [0.5, 0.6) is 0 Å². The number of halogens is 1. The van der Waals surface area contributed by atoms with Crippen molar-refractivity contribution in [3.05, 3.63) is 60.2 Å². The van der Waals surface area contributed by atoms with Crippen molar-refractivity contribution >= 4 is 5.65 Å². The first kappa shape index (κ1) is 15.3. The zero-order chi connectivity index (χ0) is 16.4. The Morgan fingerprint density at radius 3 is 2.88 bits per heavy atom. The quantitative estimate of drug-likeness (QED) is 0.784. The maximum atomic E-state index is 13.5. The van der Waals surface area contributed by atoms with Crippen LogP contribution in [0.3, 0.4) is 0 Å². The van der Waals surface area contributed by atoms with Crippen LogP contribution in [-0.2, 0) is 6.42 Å². The van der Waals surface area contributed by atoms with Gasteiger partial charge in [-0.25, -0.2) is 9.37 Å². The summed E-state index contributed by atoms with van der Waals surface area (Å²) in [4.78, 5) is 4.51. The molecule has 4 rings (SSSR count). The molecule has 24 heavy (non-hydrogen) atoms. The summed E-state index contributed by atoms with van der Waals surface area (Å²) in [5, 5.41) is 3.42. The summed E-state index contributed by atoms with van der Waals surface area (Å²) in [5.74, 6) is 0.617. The van der Waals surface area contributed by atoms with Gasteiger partial charge in [-0.1, -0.05) is 12.1 Å². The van der Waals surface area contributed by atoms with Crippen molar-refractivity contribution in [1.82, 2.24) is 14.7 Å². The van der Waals surface area contributed by atoms with E-state index in [9.17, 15) is 4.39 Å². The number of rotatable bonds is 4. The monoisotopic (exact) mass is 323 g/mol. The zero-order valence-corrected chi connectivity index (χ0v) is 13.7. The topological polar surface area (TPSA) is 29.3 Å². The van der Waals surface area contributed by atoms with Crippen LogP contribution in [0.2, 0.25) is 0 Å². The molecule has 1 aliphatic heterocycles. The number of fused-ring (bicyclic) bond motifs is 1. The third-order valence-electron chi connectivity index (χ3n) is 5.00. The molecule has 0 bridgehead atoms. The van der Waals surface area contributed by atoms with E-state index in [1.807, 2.05) is 16.7 Å². The smallest absolute Gasteiger partial charge is 0.137 e. The molecule has 3 nitrogen and oxygen atoms in total. The molecule has 1 fully saturated rings. The fourth-order valence-electron chi connectivity index (χ4n) is 3.58. The summed E-state index contributed by atoms with van der Waals surface area (Å²) in [6, 6.07) is 11.0. The van der Waals surface area contributed by atoms with E-state index in [1.54, 1.807) is 12.1 Å². The van der Waals surface area contributed by atoms with E-state index in [2.05, 4.69) is 28.6 Å². The van der Waals surface area contributed by atoms with Gasteiger partial charge in [-0.3, -0.25) is 4.40 Å². The van der Waals surface area contributed by atoms with Gasteiger partial charge >= 0.3 is 0 Å². The predicted molar refractivity (Wildman–Crippen MR) is 94.5 cm³/mol. The number of hydrogen-bond donors (Lipinski definition) is 1. The number of hydrogen-bond acceptors (Lipinski definition) is 2. The average molecular weight is 323 g/mol. The van der Waals surface area contributed by atoms with Crippen LogP contribution in [0.15, 0.2) is 48.8 Å². The van der Waals surface area contributed by atoms with Crippen LogP contribution in [0.4, 0.5) is 4.39 Å². The van der Waals surface area contributed by atoms with Gasteiger partial charge in [-0.05, 0) is 74.5 Å². The SMILES string of the molecule is Fc1cccc(-c2cnc3cc(CCC4CCNCC4)ccn23)c1. The molecule has 4 heteroatoms. The highest BCUT2D eigenvalue weighted by molar-refractivity contribution is 5.64. The number of piperidine rings is 1. The second-order valence-corrected chi connectivity index (χ2v) is 6.65. The largest absolute Gasteiger partial charge is 0.317 e. The van der Waals surface area contributed by atoms with Crippen LogP contribution in [0.25, 0.3) is 16.9 Å². The average Bonchev–Trinajstić information content (AvgIpc) is 3.04. The Morgan fingerprint density at radius 2 is 2.04 bits per heavy atom. The molecule has 3 aromatic rings. The van der Waals surface area contributed by atoms with E-state index < -0.39 is 0 Å². The minimum absolute atomic E-state index is 0.221. The summed E-state index contributed by atoms with van der Waals surface area (Å²) in [6.45, 7) is 2.31. The first-order valence-corrected chi connectivity index (χ1v) is 8.72. The van der Waals surface area contributed by atoms with Crippen LogP contribution >= 0.6 is 0 Å². The van der Waals surface area contributed by atoms with Crippen molar-refractivity contribution in [2.45, 2.75) is 25.7 Å². The molecular weight excluding hydrogens is 301 g/mol. The molecular formula is C20H22FN3. The lowest BCUT2D eigenvalue weighted by atomic mass is 9.91. The number of aromatic nitrogens is 2. The Bertz CT molecular complexity index is 834. The highest BCUT2D eigenvalue weighted by Gasteiger charge is 2.13. The Hall–Kier alpha value is -2.20. The second kappa shape index (κ2) is 6.73. The number of imidazole rings is 1. The van der Waals surface area contributed by atoms with Crippen LogP contribution in [-0.4, -0.2) is 22.5 Å². The van der Waals surface area contributed by atoms with Crippen molar-refractivity contribution in [3.63, 3.8) is 0 Å². The first-order chi connectivity index (χ1) is 11.8.